The molecule has 1 aliphatic heterocycles. The minimum atomic E-state index is -1.00. The summed E-state index contributed by atoms with van der Waals surface area (Å²) in [5.41, 5.74) is 1.54. The summed E-state index contributed by atoms with van der Waals surface area (Å²) in [5, 5.41) is 10.1. The number of esters is 1. The molecule has 2 aromatic carbocycles. The van der Waals surface area contributed by atoms with Crippen molar-refractivity contribution in [1.29, 1.82) is 0 Å². The third kappa shape index (κ3) is 3.29. The van der Waals surface area contributed by atoms with Gasteiger partial charge in [0.05, 0.1) is 46.9 Å². The average molecular weight is 444 g/mol. The zero-order valence-corrected chi connectivity index (χ0v) is 18.2. The molecule has 0 fully saturated rings. The molecule has 0 saturated heterocycles. The Hall–Kier alpha value is -3.46. The van der Waals surface area contributed by atoms with Gasteiger partial charge in [-0.15, -0.1) is 0 Å². The number of fused-ring (bicyclic) bond motifs is 2. The van der Waals surface area contributed by atoms with E-state index in [1.165, 1.54) is 28.4 Å². The van der Waals surface area contributed by atoms with Crippen LogP contribution in [0, 0.1) is 11.8 Å². The van der Waals surface area contributed by atoms with Crippen LogP contribution in [0.1, 0.15) is 27.4 Å². The van der Waals surface area contributed by atoms with Crippen molar-refractivity contribution < 1.29 is 43.1 Å². The number of carbonyl (C=O) groups is 2. The Morgan fingerprint density at radius 3 is 2.16 bits per heavy atom. The van der Waals surface area contributed by atoms with Gasteiger partial charge in [0.2, 0.25) is 12.5 Å². The number of rotatable bonds is 6. The van der Waals surface area contributed by atoms with Gasteiger partial charge in [0.25, 0.3) is 0 Å². The fraction of sp³-hybridized carbons (Fsp3) is 0.391. The number of hydrogen-bond acceptors (Lipinski definition) is 9. The lowest BCUT2D eigenvalue weighted by atomic mass is 9.66. The van der Waals surface area contributed by atoms with Crippen LogP contribution < -0.4 is 23.7 Å². The second-order valence-corrected chi connectivity index (χ2v) is 7.43. The highest BCUT2D eigenvalue weighted by atomic mass is 16.7. The molecule has 0 bridgehead atoms. The van der Waals surface area contributed by atoms with Gasteiger partial charge in [-0.05, 0) is 35.4 Å². The number of aliphatic hydroxyl groups excluding tert-OH is 1. The molecule has 0 aromatic heterocycles. The number of methoxy groups -OCH3 is 4. The largest absolute Gasteiger partial charge is 0.493 e. The third-order valence-electron chi connectivity index (χ3n) is 5.99. The van der Waals surface area contributed by atoms with E-state index in [1.807, 2.05) is 0 Å². The van der Waals surface area contributed by atoms with Gasteiger partial charge in [-0.2, -0.15) is 0 Å². The molecule has 2 aliphatic rings. The number of benzene rings is 2. The maximum absolute atomic E-state index is 13.3. The van der Waals surface area contributed by atoms with Crippen LogP contribution in [0.4, 0.5) is 0 Å². The van der Waals surface area contributed by atoms with Gasteiger partial charge in [0.15, 0.2) is 28.8 Å². The predicted octanol–water partition coefficient (Wildman–Crippen LogP) is 2.17. The van der Waals surface area contributed by atoms with E-state index in [4.69, 9.17) is 28.4 Å². The van der Waals surface area contributed by atoms with Gasteiger partial charge < -0.3 is 33.5 Å². The summed E-state index contributed by atoms with van der Waals surface area (Å²) in [4.78, 5) is 26.2. The third-order valence-corrected chi connectivity index (χ3v) is 5.99. The van der Waals surface area contributed by atoms with Gasteiger partial charge in [-0.1, -0.05) is 0 Å². The zero-order valence-electron chi connectivity index (χ0n) is 18.2. The topological polar surface area (TPSA) is 110 Å². The minimum absolute atomic E-state index is 0.0329. The van der Waals surface area contributed by atoms with Crippen molar-refractivity contribution in [2.75, 3.05) is 41.8 Å². The number of ketones is 1. The van der Waals surface area contributed by atoms with E-state index in [-0.39, 0.29) is 12.6 Å². The van der Waals surface area contributed by atoms with Crippen LogP contribution >= 0.6 is 0 Å². The van der Waals surface area contributed by atoms with E-state index in [9.17, 15) is 14.7 Å². The maximum Gasteiger partial charge on any atom is 0.310 e. The quantitative estimate of drug-likeness (QED) is 0.670. The number of hydrogen-bond donors (Lipinski definition) is 1. The molecule has 170 valence electrons. The monoisotopic (exact) mass is 444 g/mol. The summed E-state index contributed by atoms with van der Waals surface area (Å²) in [6.07, 6.45) is 0. The molecule has 1 aliphatic carbocycles. The Balaban J connectivity index is 2.00. The number of Topliss-reactive ketones (excluding diaryl/α,β-unsaturated/α-hetero) is 1. The first kappa shape index (κ1) is 21.8. The van der Waals surface area contributed by atoms with Gasteiger partial charge in [0.1, 0.15) is 0 Å². The van der Waals surface area contributed by atoms with Crippen molar-refractivity contribution in [3.05, 3.63) is 41.0 Å². The summed E-state index contributed by atoms with van der Waals surface area (Å²) in [5.74, 6) is -1.52. The lowest BCUT2D eigenvalue weighted by Crippen LogP contribution is -2.42. The van der Waals surface area contributed by atoms with Gasteiger partial charge in [0, 0.05) is 11.5 Å². The van der Waals surface area contributed by atoms with E-state index in [0.29, 0.717) is 45.4 Å². The highest BCUT2D eigenvalue weighted by Crippen LogP contribution is 2.50. The Morgan fingerprint density at radius 2 is 1.62 bits per heavy atom. The Labute approximate surface area is 184 Å². The standard InChI is InChI=1S/C23H24O9/c1-27-17-5-11(6-18(28-2)22(17)29-3)19-12-7-15-16(32-10-31-15)8-13(12)21(25)14(9-24)20(19)23(26)30-4/h5-8,14,19-20,24H,9-10H2,1-4H3/t14-,19-,20+/m0/s1. The van der Waals surface area contributed by atoms with Crippen molar-refractivity contribution in [2.45, 2.75) is 5.92 Å². The summed E-state index contributed by atoms with van der Waals surface area (Å²) < 4.78 is 32.4. The highest BCUT2D eigenvalue weighted by Gasteiger charge is 2.48. The summed E-state index contributed by atoms with van der Waals surface area (Å²) in [6.45, 7) is -0.488. The average Bonchev–Trinajstić information content (AvgIpc) is 3.28. The van der Waals surface area contributed by atoms with Crippen LogP contribution in [-0.2, 0) is 9.53 Å². The molecule has 1 N–H and O–H groups in total. The fourth-order valence-corrected chi connectivity index (χ4v) is 4.52. The fourth-order valence-electron chi connectivity index (χ4n) is 4.52. The van der Waals surface area contributed by atoms with E-state index in [2.05, 4.69) is 0 Å². The number of carbonyl (C=O) groups excluding carboxylic acids is 2. The van der Waals surface area contributed by atoms with Gasteiger partial charge >= 0.3 is 5.97 Å². The molecule has 1 heterocycles. The second-order valence-electron chi connectivity index (χ2n) is 7.43. The van der Waals surface area contributed by atoms with Gasteiger partial charge in [-0.25, -0.2) is 0 Å². The van der Waals surface area contributed by atoms with Crippen LogP contribution in [0.15, 0.2) is 24.3 Å². The molecule has 9 heteroatoms. The molecule has 2 aromatic rings. The minimum Gasteiger partial charge on any atom is -0.493 e. The predicted molar refractivity (Wildman–Crippen MR) is 111 cm³/mol. The normalized spacial score (nSPS) is 21.0. The number of ether oxygens (including phenoxy) is 6. The first-order chi connectivity index (χ1) is 15.5. The van der Waals surface area contributed by atoms with Crippen LogP contribution in [0.2, 0.25) is 0 Å². The Bertz CT molecular complexity index is 1040. The summed E-state index contributed by atoms with van der Waals surface area (Å²) in [7, 11) is 5.73. The van der Waals surface area contributed by atoms with Crippen molar-refractivity contribution in [1.82, 2.24) is 0 Å². The van der Waals surface area contributed by atoms with Crippen molar-refractivity contribution in [3.63, 3.8) is 0 Å². The lowest BCUT2D eigenvalue weighted by molar-refractivity contribution is -0.148. The molecule has 0 radical (unpaired) electrons. The van der Waals surface area contributed by atoms with E-state index in [1.54, 1.807) is 24.3 Å². The lowest BCUT2D eigenvalue weighted by Gasteiger charge is -2.37. The molecule has 4 rings (SSSR count). The summed E-state index contributed by atoms with van der Waals surface area (Å²) in [6, 6.07) is 6.75. The van der Waals surface area contributed by atoms with Crippen molar-refractivity contribution in [2.24, 2.45) is 11.8 Å². The molecule has 0 unspecified atom stereocenters. The molecule has 0 spiro atoms. The molecule has 3 atom stereocenters. The molecule has 0 saturated carbocycles. The summed E-state index contributed by atoms with van der Waals surface area (Å²) >= 11 is 0. The maximum atomic E-state index is 13.3. The van der Waals surface area contributed by atoms with E-state index < -0.39 is 30.3 Å². The first-order valence-electron chi connectivity index (χ1n) is 9.95. The second kappa shape index (κ2) is 8.58. The first-order valence-corrected chi connectivity index (χ1v) is 9.95. The van der Waals surface area contributed by atoms with Crippen molar-refractivity contribution in [3.8, 4) is 28.7 Å². The molecular formula is C23H24O9. The molecule has 9 nitrogen and oxygen atoms in total. The van der Waals surface area contributed by atoms with Crippen LogP contribution in [0.5, 0.6) is 28.7 Å². The zero-order chi connectivity index (χ0) is 23.0. The van der Waals surface area contributed by atoms with Crippen LogP contribution in [0.3, 0.4) is 0 Å². The molecule has 0 amide bonds. The number of aliphatic hydroxyl groups is 1. The molecular weight excluding hydrogens is 420 g/mol. The van der Waals surface area contributed by atoms with Crippen LogP contribution in [0.25, 0.3) is 0 Å². The molecule has 32 heavy (non-hydrogen) atoms. The Morgan fingerprint density at radius 1 is 1.00 bits per heavy atom. The smallest absolute Gasteiger partial charge is 0.310 e. The van der Waals surface area contributed by atoms with E-state index in [0.717, 1.165) is 0 Å². The highest BCUT2D eigenvalue weighted by molar-refractivity contribution is 6.04. The van der Waals surface area contributed by atoms with Crippen LogP contribution in [-0.4, -0.2) is 58.7 Å². The van der Waals surface area contributed by atoms with Gasteiger partial charge in [-0.3, -0.25) is 9.59 Å². The Kier molecular flexibility index (Phi) is 5.84. The SMILES string of the molecule is COC(=O)[C@H]1[C@@H](c2cc(OC)c(OC)c(OC)c2)c2cc3c(cc2C(=O)[C@H]1CO)OCO3. The van der Waals surface area contributed by atoms with E-state index >= 15 is 0 Å². The van der Waals surface area contributed by atoms with Crippen molar-refractivity contribution >= 4 is 11.8 Å².